The Balaban J connectivity index is 1.88. The Labute approximate surface area is 136 Å². The summed E-state index contributed by atoms with van der Waals surface area (Å²) >= 11 is 0. The van der Waals surface area contributed by atoms with E-state index in [0.29, 0.717) is 18.0 Å². The molecule has 23 heavy (non-hydrogen) atoms. The highest BCUT2D eigenvalue weighted by Crippen LogP contribution is 2.28. The van der Waals surface area contributed by atoms with Gasteiger partial charge in [-0.05, 0) is 37.2 Å². The number of carbonyl (C=O) groups is 1. The van der Waals surface area contributed by atoms with E-state index in [4.69, 9.17) is 9.47 Å². The number of methoxy groups -OCH3 is 1. The van der Waals surface area contributed by atoms with Crippen molar-refractivity contribution in [2.24, 2.45) is 0 Å². The van der Waals surface area contributed by atoms with Crippen LogP contribution in [0, 0.1) is 0 Å². The SMILES string of the molecule is COCCCNCC(=O)Nc1ccccc1Oc1ccccc1. The van der Waals surface area contributed by atoms with Crippen LogP contribution >= 0.6 is 0 Å². The summed E-state index contributed by atoms with van der Waals surface area (Å²) in [6.07, 6.45) is 0.873. The Morgan fingerprint density at radius 2 is 1.78 bits per heavy atom. The molecule has 5 nitrogen and oxygen atoms in total. The lowest BCUT2D eigenvalue weighted by Crippen LogP contribution is -2.29. The van der Waals surface area contributed by atoms with Crippen LogP contribution in [0.2, 0.25) is 0 Å². The van der Waals surface area contributed by atoms with Crippen LogP contribution in [0.15, 0.2) is 54.6 Å². The molecule has 2 N–H and O–H groups in total. The van der Waals surface area contributed by atoms with Gasteiger partial charge in [-0.2, -0.15) is 0 Å². The number of nitrogens with one attached hydrogen (secondary N) is 2. The van der Waals surface area contributed by atoms with E-state index in [-0.39, 0.29) is 12.5 Å². The van der Waals surface area contributed by atoms with Crippen LogP contribution in [-0.2, 0) is 9.53 Å². The topological polar surface area (TPSA) is 59.6 Å². The predicted molar refractivity (Wildman–Crippen MR) is 91.0 cm³/mol. The Hall–Kier alpha value is -2.37. The van der Waals surface area contributed by atoms with Crippen molar-refractivity contribution < 1.29 is 14.3 Å². The van der Waals surface area contributed by atoms with Crippen LogP contribution in [0.1, 0.15) is 6.42 Å². The van der Waals surface area contributed by atoms with Gasteiger partial charge in [-0.1, -0.05) is 30.3 Å². The molecule has 122 valence electrons. The number of carbonyl (C=O) groups excluding carboxylic acids is 1. The smallest absolute Gasteiger partial charge is 0.238 e. The monoisotopic (exact) mass is 314 g/mol. The van der Waals surface area contributed by atoms with E-state index in [1.165, 1.54) is 0 Å². The molecule has 0 saturated heterocycles. The number of hydrogen-bond donors (Lipinski definition) is 2. The van der Waals surface area contributed by atoms with E-state index < -0.39 is 0 Å². The van der Waals surface area contributed by atoms with Gasteiger partial charge in [-0.15, -0.1) is 0 Å². The molecule has 2 rings (SSSR count). The predicted octanol–water partition coefficient (Wildman–Crippen LogP) is 3.04. The van der Waals surface area contributed by atoms with Gasteiger partial charge in [0.2, 0.25) is 5.91 Å². The van der Waals surface area contributed by atoms with Crippen molar-refractivity contribution in [2.75, 3.05) is 32.1 Å². The molecule has 2 aromatic carbocycles. The number of ether oxygens (including phenoxy) is 2. The van der Waals surface area contributed by atoms with E-state index >= 15 is 0 Å². The average Bonchev–Trinajstić information content (AvgIpc) is 2.57. The Bertz CT molecular complexity index is 602. The fourth-order valence-electron chi connectivity index (χ4n) is 2.01. The molecule has 0 aromatic heterocycles. The molecule has 0 heterocycles. The summed E-state index contributed by atoms with van der Waals surface area (Å²) in [6.45, 7) is 1.68. The van der Waals surface area contributed by atoms with Crippen molar-refractivity contribution in [2.45, 2.75) is 6.42 Å². The summed E-state index contributed by atoms with van der Waals surface area (Å²) in [6, 6.07) is 16.9. The van der Waals surface area contributed by atoms with Gasteiger partial charge < -0.3 is 20.1 Å². The summed E-state index contributed by atoms with van der Waals surface area (Å²) in [5, 5.41) is 5.94. The Morgan fingerprint density at radius 1 is 1.04 bits per heavy atom. The first-order valence-corrected chi connectivity index (χ1v) is 7.61. The maximum atomic E-state index is 12.0. The second kappa shape index (κ2) is 9.61. The van der Waals surface area contributed by atoms with Crippen molar-refractivity contribution in [1.82, 2.24) is 5.32 Å². The summed E-state index contributed by atoms with van der Waals surface area (Å²) in [5.41, 5.74) is 0.653. The van der Waals surface area contributed by atoms with Crippen molar-refractivity contribution in [3.8, 4) is 11.5 Å². The van der Waals surface area contributed by atoms with Gasteiger partial charge in [0.15, 0.2) is 5.75 Å². The third-order valence-corrected chi connectivity index (χ3v) is 3.12. The van der Waals surface area contributed by atoms with Crippen LogP contribution in [-0.4, -0.2) is 32.7 Å². The molecule has 0 unspecified atom stereocenters. The summed E-state index contributed by atoms with van der Waals surface area (Å²) < 4.78 is 10.8. The molecular weight excluding hydrogens is 292 g/mol. The Morgan fingerprint density at radius 3 is 2.57 bits per heavy atom. The van der Waals surface area contributed by atoms with Crippen molar-refractivity contribution in [1.29, 1.82) is 0 Å². The minimum atomic E-state index is -0.105. The molecule has 0 radical (unpaired) electrons. The molecular formula is C18H22N2O3. The highest BCUT2D eigenvalue weighted by molar-refractivity contribution is 5.93. The fourth-order valence-corrected chi connectivity index (χ4v) is 2.01. The molecule has 1 amide bonds. The summed E-state index contributed by atoms with van der Waals surface area (Å²) in [7, 11) is 1.66. The number of rotatable bonds is 9. The fraction of sp³-hybridized carbons (Fsp3) is 0.278. The number of hydrogen-bond acceptors (Lipinski definition) is 4. The summed E-state index contributed by atoms with van der Waals surface area (Å²) in [4.78, 5) is 12.0. The zero-order valence-electron chi connectivity index (χ0n) is 13.2. The molecule has 0 atom stereocenters. The van der Waals surface area contributed by atoms with E-state index in [1.54, 1.807) is 7.11 Å². The highest BCUT2D eigenvalue weighted by atomic mass is 16.5. The molecule has 2 aromatic rings. The van der Waals surface area contributed by atoms with Crippen molar-refractivity contribution in [3.63, 3.8) is 0 Å². The first-order valence-electron chi connectivity index (χ1n) is 7.61. The van der Waals surface area contributed by atoms with Gasteiger partial charge in [-0.3, -0.25) is 4.79 Å². The van der Waals surface area contributed by atoms with Crippen LogP contribution in [0.25, 0.3) is 0 Å². The van der Waals surface area contributed by atoms with Crippen molar-refractivity contribution in [3.05, 3.63) is 54.6 Å². The van der Waals surface area contributed by atoms with Gasteiger partial charge in [-0.25, -0.2) is 0 Å². The largest absolute Gasteiger partial charge is 0.455 e. The zero-order valence-corrected chi connectivity index (χ0v) is 13.2. The molecule has 0 aliphatic carbocycles. The van der Waals surface area contributed by atoms with Gasteiger partial charge in [0.25, 0.3) is 0 Å². The van der Waals surface area contributed by atoms with Crippen LogP contribution in [0.4, 0.5) is 5.69 Å². The minimum Gasteiger partial charge on any atom is -0.455 e. The van der Waals surface area contributed by atoms with E-state index in [1.807, 2.05) is 54.6 Å². The third-order valence-electron chi connectivity index (χ3n) is 3.12. The van der Waals surface area contributed by atoms with Gasteiger partial charge >= 0.3 is 0 Å². The first-order chi connectivity index (χ1) is 11.3. The normalized spacial score (nSPS) is 10.3. The number of benzene rings is 2. The molecule has 0 aliphatic rings. The Kier molecular flexibility index (Phi) is 7.10. The van der Waals surface area contributed by atoms with Crippen molar-refractivity contribution >= 4 is 11.6 Å². The highest BCUT2D eigenvalue weighted by Gasteiger charge is 2.08. The first kappa shape index (κ1) is 17.0. The molecule has 5 heteroatoms. The number of para-hydroxylation sites is 3. The maximum Gasteiger partial charge on any atom is 0.238 e. The minimum absolute atomic E-state index is 0.105. The molecule has 0 aliphatic heterocycles. The average molecular weight is 314 g/mol. The van der Waals surface area contributed by atoms with E-state index in [0.717, 1.165) is 18.7 Å². The molecule has 0 spiro atoms. The number of anilines is 1. The number of amides is 1. The quantitative estimate of drug-likeness (QED) is 0.699. The van der Waals surface area contributed by atoms with Crippen LogP contribution in [0.3, 0.4) is 0 Å². The molecule has 0 saturated carbocycles. The second-order valence-corrected chi connectivity index (χ2v) is 4.98. The maximum absolute atomic E-state index is 12.0. The zero-order chi connectivity index (χ0) is 16.3. The van der Waals surface area contributed by atoms with Gasteiger partial charge in [0.1, 0.15) is 5.75 Å². The van der Waals surface area contributed by atoms with E-state index in [9.17, 15) is 4.79 Å². The van der Waals surface area contributed by atoms with Crippen LogP contribution < -0.4 is 15.4 Å². The van der Waals surface area contributed by atoms with Gasteiger partial charge in [0.05, 0.1) is 12.2 Å². The standard InChI is InChI=1S/C18H22N2O3/c1-22-13-7-12-19-14-18(21)20-16-10-5-6-11-17(16)23-15-8-3-2-4-9-15/h2-6,8-11,19H,7,12-14H2,1H3,(H,20,21). The lowest BCUT2D eigenvalue weighted by Gasteiger charge is -2.12. The van der Waals surface area contributed by atoms with Gasteiger partial charge in [0, 0.05) is 13.7 Å². The lowest BCUT2D eigenvalue weighted by molar-refractivity contribution is -0.115. The second-order valence-electron chi connectivity index (χ2n) is 4.98. The molecule has 0 fully saturated rings. The summed E-state index contributed by atoms with van der Waals surface area (Å²) in [5.74, 6) is 1.24. The molecule has 0 bridgehead atoms. The lowest BCUT2D eigenvalue weighted by atomic mass is 10.3. The van der Waals surface area contributed by atoms with Crippen LogP contribution in [0.5, 0.6) is 11.5 Å². The third kappa shape index (κ3) is 6.10. The van der Waals surface area contributed by atoms with E-state index in [2.05, 4.69) is 10.6 Å².